The van der Waals surface area contributed by atoms with E-state index in [4.69, 9.17) is 21.1 Å². The molecule has 0 saturated heterocycles. The van der Waals surface area contributed by atoms with Crippen molar-refractivity contribution in [3.05, 3.63) is 58.6 Å². The van der Waals surface area contributed by atoms with Crippen LogP contribution in [0.2, 0.25) is 5.02 Å². The topological polar surface area (TPSA) is 59.9 Å². The number of nitrogens with one attached hydrogen (secondary N) is 1. The molecule has 0 spiro atoms. The number of hydrogen-bond acceptors (Lipinski definition) is 4. The fourth-order valence-corrected chi connectivity index (χ4v) is 3.16. The maximum atomic E-state index is 11.9. The minimum absolute atomic E-state index is 0.0558. The number of unbranched alkanes of at least 4 members (excludes halogenated alkanes) is 5. The van der Waals surface area contributed by atoms with Gasteiger partial charge in [0.25, 0.3) is 0 Å². The summed E-state index contributed by atoms with van der Waals surface area (Å²) < 4.78 is 11.6. The summed E-state index contributed by atoms with van der Waals surface area (Å²) in [7, 11) is 0. The molecule has 5 nitrogen and oxygen atoms in total. The third kappa shape index (κ3) is 9.88. The Kier molecular flexibility index (Phi) is 11.5. The quantitative estimate of drug-likeness (QED) is 0.205. The Morgan fingerprint density at radius 3 is 2.45 bits per heavy atom. The van der Waals surface area contributed by atoms with Crippen LogP contribution < -0.4 is 14.9 Å². The van der Waals surface area contributed by atoms with Gasteiger partial charge in [0.1, 0.15) is 6.61 Å². The van der Waals surface area contributed by atoms with E-state index in [0.717, 1.165) is 24.0 Å². The van der Waals surface area contributed by atoms with Crippen LogP contribution in [0.3, 0.4) is 0 Å². The molecule has 0 heterocycles. The summed E-state index contributed by atoms with van der Waals surface area (Å²) in [5, 5.41) is 4.76. The van der Waals surface area contributed by atoms with Crippen molar-refractivity contribution in [1.82, 2.24) is 5.43 Å². The summed E-state index contributed by atoms with van der Waals surface area (Å²) in [6.07, 6.45) is 9.05. The molecule has 0 fully saturated rings. The lowest BCUT2D eigenvalue weighted by Crippen LogP contribution is -2.16. The van der Waals surface area contributed by atoms with E-state index in [2.05, 4.69) is 17.5 Å². The molecule has 2 rings (SSSR count). The maximum Gasteiger partial charge on any atom is 0.240 e. The first-order chi connectivity index (χ1) is 15.1. The number of rotatable bonds is 14. The highest BCUT2D eigenvalue weighted by atomic mass is 35.5. The summed E-state index contributed by atoms with van der Waals surface area (Å²) in [5.41, 5.74) is 4.44. The van der Waals surface area contributed by atoms with Crippen LogP contribution in [-0.4, -0.2) is 18.7 Å². The number of ether oxygens (including phenoxy) is 2. The first-order valence-corrected chi connectivity index (χ1v) is 11.5. The molecule has 2 aromatic carbocycles. The number of carbonyl (C=O) groups excluding carboxylic acids is 1. The molecule has 0 atom stereocenters. The lowest BCUT2D eigenvalue weighted by Gasteiger charge is -2.12. The number of nitrogens with zero attached hydrogens (tertiary/aromatic N) is 1. The second kappa shape index (κ2) is 14.5. The highest BCUT2D eigenvalue weighted by Crippen LogP contribution is 2.29. The van der Waals surface area contributed by atoms with Gasteiger partial charge >= 0.3 is 0 Å². The van der Waals surface area contributed by atoms with Gasteiger partial charge in [0.15, 0.2) is 11.5 Å². The van der Waals surface area contributed by atoms with E-state index in [9.17, 15) is 4.79 Å². The summed E-state index contributed by atoms with van der Waals surface area (Å²) in [4.78, 5) is 11.9. The van der Waals surface area contributed by atoms with E-state index in [1.165, 1.54) is 25.7 Å². The summed E-state index contributed by atoms with van der Waals surface area (Å²) >= 11 is 5.92. The van der Waals surface area contributed by atoms with Crippen molar-refractivity contribution in [1.29, 1.82) is 0 Å². The molecule has 2 aromatic rings. The zero-order chi connectivity index (χ0) is 22.3. The highest BCUT2D eigenvalue weighted by Gasteiger charge is 2.07. The van der Waals surface area contributed by atoms with Gasteiger partial charge in [0.2, 0.25) is 5.91 Å². The third-order valence-corrected chi connectivity index (χ3v) is 4.99. The molecule has 0 aliphatic rings. The minimum atomic E-state index is -0.0558. The Morgan fingerprint density at radius 1 is 0.968 bits per heavy atom. The average molecular weight is 445 g/mol. The normalized spacial score (nSPS) is 10.9. The van der Waals surface area contributed by atoms with Crippen LogP contribution in [0.25, 0.3) is 0 Å². The predicted octanol–water partition coefficient (Wildman–Crippen LogP) is 6.52. The Bertz CT molecular complexity index is 822. The Morgan fingerprint density at radius 2 is 1.71 bits per heavy atom. The molecule has 6 heteroatoms. The molecular formula is C25H33ClN2O3. The molecule has 0 bridgehead atoms. The number of benzene rings is 2. The summed E-state index contributed by atoms with van der Waals surface area (Å²) in [6, 6.07) is 13.1. The molecule has 0 unspecified atom stereocenters. The van der Waals surface area contributed by atoms with E-state index in [0.29, 0.717) is 36.2 Å². The second-order valence-electron chi connectivity index (χ2n) is 7.37. The lowest BCUT2D eigenvalue weighted by atomic mass is 10.1. The Labute approximate surface area is 190 Å². The fourth-order valence-electron chi connectivity index (χ4n) is 3.03. The van der Waals surface area contributed by atoms with Crippen LogP contribution >= 0.6 is 11.6 Å². The summed E-state index contributed by atoms with van der Waals surface area (Å²) in [5.74, 6) is 1.24. The highest BCUT2D eigenvalue weighted by molar-refractivity contribution is 6.30. The van der Waals surface area contributed by atoms with Crippen molar-refractivity contribution in [2.45, 2.75) is 65.4 Å². The Balaban J connectivity index is 1.83. The number of halogens is 1. The van der Waals surface area contributed by atoms with Gasteiger partial charge in [-0.1, -0.05) is 62.8 Å². The Hall–Kier alpha value is -2.53. The molecule has 1 N–H and O–H groups in total. The third-order valence-electron chi connectivity index (χ3n) is 4.74. The van der Waals surface area contributed by atoms with E-state index < -0.39 is 0 Å². The lowest BCUT2D eigenvalue weighted by molar-refractivity contribution is -0.121. The van der Waals surface area contributed by atoms with Gasteiger partial charge in [-0.25, -0.2) is 5.43 Å². The number of amides is 1. The van der Waals surface area contributed by atoms with E-state index in [1.54, 1.807) is 6.21 Å². The minimum Gasteiger partial charge on any atom is -0.490 e. The molecule has 0 aliphatic heterocycles. The largest absolute Gasteiger partial charge is 0.490 e. The number of carbonyl (C=O) groups is 1. The smallest absolute Gasteiger partial charge is 0.240 e. The molecule has 168 valence electrons. The van der Waals surface area contributed by atoms with E-state index >= 15 is 0 Å². The molecular weight excluding hydrogens is 412 g/mol. The van der Waals surface area contributed by atoms with Crippen LogP contribution in [0, 0.1) is 0 Å². The van der Waals surface area contributed by atoms with Crippen molar-refractivity contribution < 1.29 is 14.3 Å². The molecule has 0 aliphatic carbocycles. The van der Waals surface area contributed by atoms with Gasteiger partial charge in [-0.05, 0) is 54.8 Å². The standard InChI is InChI=1S/C25H33ClN2O3/c1-3-5-6-7-8-9-10-25(29)28-27-18-21-13-16-23(24(17-21)30-4-2)31-19-20-11-14-22(26)15-12-20/h11-18H,3-10,19H2,1-2H3,(H,28,29). The van der Waals surface area contributed by atoms with Crippen LogP contribution in [0.4, 0.5) is 0 Å². The van der Waals surface area contributed by atoms with Crippen LogP contribution in [-0.2, 0) is 11.4 Å². The second-order valence-corrected chi connectivity index (χ2v) is 7.80. The molecule has 0 saturated carbocycles. The van der Waals surface area contributed by atoms with Crippen LogP contribution in [0.1, 0.15) is 69.9 Å². The first kappa shape index (κ1) is 24.7. The molecule has 0 radical (unpaired) electrons. The van der Waals surface area contributed by atoms with Gasteiger partial charge in [0.05, 0.1) is 12.8 Å². The van der Waals surface area contributed by atoms with Crippen molar-refractivity contribution in [2.24, 2.45) is 5.10 Å². The molecule has 31 heavy (non-hydrogen) atoms. The predicted molar refractivity (Wildman–Crippen MR) is 127 cm³/mol. The van der Waals surface area contributed by atoms with Gasteiger partial charge in [-0.15, -0.1) is 0 Å². The van der Waals surface area contributed by atoms with Crippen LogP contribution in [0.5, 0.6) is 11.5 Å². The van der Waals surface area contributed by atoms with Gasteiger partial charge in [-0.3, -0.25) is 4.79 Å². The molecule has 1 amide bonds. The zero-order valence-corrected chi connectivity index (χ0v) is 19.3. The van der Waals surface area contributed by atoms with Crippen molar-refractivity contribution >= 4 is 23.7 Å². The SMILES string of the molecule is CCCCCCCCC(=O)NN=Cc1ccc(OCc2ccc(Cl)cc2)c(OCC)c1. The summed E-state index contributed by atoms with van der Waals surface area (Å²) in [6.45, 7) is 5.06. The van der Waals surface area contributed by atoms with Crippen LogP contribution in [0.15, 0.2) is 47.6 Å². The molecule has 0 aromatic heterocycles. The zero-order valence-electron chi connectivity index (χ0n) is 18.5. The van der Waals surface area contributed by atoms with Gasteiger partial charge in [-0.2, -0.15) is 5.10 Å². The van der Waals surface area contributed by atoms with Crippen molar-refractivity contribution in [3.8, 4) is 11.5 Å². The monoisotopic (exact) mass is 444 g/mol. The number of hydrazone groups is 1. The maximum absolute atomic E-state index is 11.9. The van der Waals surface area contributed by atoms with Crippen molar-refractivity contribution in [2.75, 3.05) is 6.61 Å². The van der Waals surface area contributed by atoms with Gasteiger partial charge < -0.3 is 9.47 Å². The van der Waals surface area contributed by atoms with E-state index in [1.807, 2.05) is 49.4 Å². The fraction of sp³-hybridized carbons (Fsp3) is 0.440. The van der Waals surface area contributed by atoms with Crippen molar-refractivity contribution in [3.63, 3.8) is 0 Å². The van der Waals surface area contributed by atoms with E-state index in [-0.39, 0.29) is 5.91 Å². The average Bonchev–Trinajstić information content (AvgIpc) is 2.77. The van der Waals surface area contributed by atoms with Gasteiger partial charge in [0, 0.05) is 11.4 Å². The number of hydrogen-bond donors (Lipinski definition) is 1. The first-order valence-electron chi connectivity index (χ1n) is 11.1.